The van der Waals surface area contributed by atoms with Crippen LogP contribution in [0.2, 0.25) is 0 Å². The van der Waals surface area contributed by atoms with E-state index in [1.165, 1.54) is 125 Å². The maximum atomic E-state index is 2.43. The van der Waals surface area contributed by atoms with Gasteiger partial charge >= 0.3 is 0 Å². The van der Waals surface area contributed by atoms with Gasteiger partial charge in [-0.1, -0.05) is 229 Å². The van der Waals surface area contributed by atoms with Crippen molar-refractivity contribution in [2.45, 2.75) is 120 Å². The maximum absolute atomic E-state index is 2.43. The summed E-state index contributed by atoms with van der Waals surface area (Å²) in [7, 11) is 0. The molecule has 11 rings (SSSR count). The molecular formula is C63H72. The van der Waals surface area contributed by atoms with Gasteiger partial charge in [0.05, 0.1) is 0 Å². The first-order valence-electron chi connectivity index (χ1n) is 24.3. The highest BCUT2D eigenvalue weighted by Crippen LogP contribution is 2.51. The Balaban J connectivity index is 0.000000499. The van der Waals surface area contributed by atoms with Gasteiger partial charge in [0.1, 0.15) is 0 Å². The van der Waals surface area contributed by atoms with Crippen molar-refractivity contribution < 1.29 is 0 Å². The number of fused-ring (bicyclic) bond motifs is 6. The Bertz CT molecular complexity index is 2770. The maximum Gasteiger partial charge on any atom is 0.0159 e. The Morgan fingerprint density at radius 1 is 0.397 bits per heavy atom. The summed E-state index contributed by atoms with van der Waals surface area (Å²) in [5, 5.41) is 5.35. The lowest BCUT2D eigenvalue weighted by molar-refractivity contribution is 0.660. The molecule has 0 N–H and O–H groups in total. The van der Waals surface area contributed by atoms with Crippen molar-refractivity contribution in [1.82, 2.24) is 0 Å². The molecule has 0 heterocycles. The molecule has 0 amide bonds. The van der Waals surface area contributed by atoms with E-state index in [0.29, 0.717) is 5.92 Å². The molecule has 0 radical (unpaired) electrons. The largest absolute Gasteiger partial charge is 0.0683 e. The van der Waals surface area contributed by atoms with Crippen molar-refractivity contribution in [2.75, 3.05) is 0 Å². The van der Waals surface area contributed by atoms with Crippen molar-refractivity contribution in [3.05, 3.63) is 180 Å². The number of aryl methyl sites for hydroxylation is 1. The summed E-state index contributed by atoms with van der Waals surface area (Å²) in [6, 6.07) is 59.3. The van der Waals surface area contributed by atoms with Gasteiger partial charge in [0.15, 0.2) is 0 Å². The fourth-order valence-corrected chi connectivity index (χ4v) is 9.26. The zero-order valence-corrected chi connectivity index (χ0v) is 40.5. The first-order chi connectivity index (χ1) is 30.8. The quantitative estimate of drug-likeness (QED) is 0.152. The van der Waals surface area contributed by atoms with Gasteiger partial charge in [0.2, 0.25) is 0 Å². The van der Waals surface area contributed by atoms with Gasteiger partial charge in [-0.25, -0.2) is 0 Å². The van der Waals surface area contributed by atoms with E-state index in [-0.39, 0.29) is 5.41 Å². The number of hydrogen-bond acceptors (Lipinski definition) is 0. The predicted molar refractivity (Wildman–Crippen MR) is 281 cm³/mol. The first-order valence-corrected chi connectivity index (χ1v) is 24.3. The molecule has 0 aliphatic heterocycles. The van der Waals surface area contributed by atoms with Gasteiger partial charge in [0, 0.05) is 5.41 Å². The Labute approximate surface area is 381 Å². The van der Waals surface area contributed by atoms with Crippen LogP contribution in [-0.2, 0) is 5.41 Å². The first kappa shape index (κ1) is 46.8. The number of benzene rings is 8. The molecular weight excluding hydrogens is 757 g/mol. The third-order valence-electron chi connectivity index (χ3n) is 12.6. The smallest absolute Gasteiger partial charge is 0.0159 e. The average molecular weight is 829 g/mol. The normalized spacial score (nSPS) is 13.8. The Morgan fingerprint density at radius 2 is 0.873 bits per heavy atom. The minimum Gasteiger partial charge on any atom is -0.0683 e. The molecule has 0 atom stereocenters. The van der Waals surface area contributed by atoms with E-state index >= 15 is 0 Å². The molecule has 8 aromatic carbocycles. The molecule has 2 saturated carbocycles. The Kier molecular flexibility index (Phi) is 15.7. The summed E-state index contributed by atoms with van der Waals surface area (Å²) in [5.41, 5.74) is 18.8. The van der Waals surface area contributed by atoms with Crippen LogP contribution < -0.4 is 0 Å². The van der Waals surface area contributed by atoms with E-state index in [9.17, 15) is 0 Å². The van der Waals surface area contributed by atoms with Gasteiger partial charge in [-0.3, -0.25) is 0 Å². The molecule has 0 spiro atoms. The monoisotopic (exact) mass is 829 g/mol. The molecule has 63 heavy (non-hydrogen) atoms. The predicted octanol–water partition coefficient (Wildman–Crippen LogP) is 19.7. The zero-order chi connectivity index (χ0) is 45.3. The van der Waals surface area contributed by atoms with E-state index in [0.717, 1.165) is 5.92 Å². The fourth-order valence-electron chi connectivity index (χ4n) is 9.26. The average Bonchev–Trinajstić information content (AvgIpc) is 4.32. The molecule has 8 aromatic rings. The van der Waals surface area contributed by atoms with Crippen LogP contribution in [0.1, 0.15) is 130 Å². The van der Waals surface area contributed by atoms with Crippen LogP contribution in [-0.4, -0.2) is 0 Å². The van der Waals surface area contributed by atoms with Gasteiger partial charge in [-0.2, -0.15) is 0 Å². The Hall–Kier alpha value is -5.72. The van der Waals surface area contributed by atoms with E-state index in [4.69, 9.17) is 0 Å². The summed E-state index contributed by atoms with van der Waals surface area (Å²) in [4.78, 5) is 0. The lowest BCUT2D eigenvalue weighted by Gasteiger charge is -2.22. The molecule has 0 heteroatoms. The standard InChI is InChI=1S/C51H40.C4H8.4C2H6/c1-32-28-38-12-4-5-17-40(38)44-20-11-21-45(49(32)44)46-22-10-19-41(50(46)33-24-25-33)39-16-9-15-36(30-39)34-13-8-14-35(29-34)37-26-27-43-42-18-6-7-23-47(42)51(2,3)48(43)31-37;1-4-2-3-4;4*1-2/h4-23,26-31,33H,24-25H2,1-3H3;4H,2-3H2,1H3;4*1-2H3. The van der Waals surface area contributed by atoms with E-state index < -0.39 is 0 Å². The van der Waals surface area contributed by atoms with Crippen LogP contribution in [0.5, 0.6) is 0 Å². The van der Waals surface area contributed by atoms with E-state index in [2.05, 4.69) is 185 Å². The van der Waals surface area contributed by atoms with Gasteiger partial charge in [-0.05, 0) is 149 Å². The van der Waals surface area contributed by atoms with Gasteiger partial charge in [0.25, 0.3) is 0 Å². The molecule has 2 fully saturated rings. The SMILES string of the molecule is CC.CC.CC.CC.CC1CC1.Cc1cc2ccccc2c2cccc(-c3cccc(-c4cccc(-c5cccc(-c6ccc7c(c6)C(C)(C)c6ccccc6-7)c5)c4)c3C3CC3)c12. The highest BCUT2D eigenvalue weighted by molar-refractivity contribution is 6.14. The molecule has 324 valence electrons. The van der Waals surface area contributed by atoms with Crippen molar-refractivity contribution in [3.8, 4) is 55.6 Å². The topological polar surface area (TPSA) is 0 Å². The molecule has 0 nitrogen and oxygen atoms in total. The summed E-state index contributed by atoms with van der Waals surface area (Å²) < 4.78 is 0. The lowest BCUT2D eigenvalue weighted by Crippen LogP contribution is -2.14. The number of hydrogen-bond donors (Lipinski definition) is 0. The highest BCUT2D eigenvalue weighted by atomic mass is 14.4. The summed E-state index contributed by atoms with van der Waals surface area (Å²) in [5.74, 6) is 1.68. The van der Waals surface area contributed by atoms with Crippen LogP contribution >= 0.6 is 0 Å². The van der Waals surface area contributed by atoms with Crippen LogP contribution in [0.25, 0.3) is 77.2 Å². The number of rotatable bonds is 5. The highest BCUT2D eigenvalue weighted by Gasteiger charge is 2.35. The minimum atomic E-state index is -0.0137. The van der Waals surface area contributed by atoms with Crippen molar-refractivity contribution in [1.29, 1.82) is 0 Å². The van der Waals surface area contributed by atoms with Crippen molar-refractivity contribution in [2.24, 2.45) is 5.92 Å². The van der Waals surface area contributed by atoms with Crippen LogP contribution in [0.4, 0.5) is 0 Å². The van der Waals surface area contributed by atoms with Crippen LogP contribution in [0.15, 0.2) is 158 Å². The third-order valence-corrected chi connectivity index (χ3v) is 12.6. The molecule has 3 aliphatic rings. The summed E-state index contributed by atoms with van der Waals surface area (Å²) in [6.07, 6.45) is 5.47. The molecule has 3 aliphatic carbocycles. The van der Waals surface area contributed by atoms with E-state index in [1.807, 2.05) is 55.4 Å². The molecule has 0 unspecified atom stereocenters. The minimum absolute atomic E-state index is 0.0137. The van der Waals surface area contributed by atoms with E-state index in [1.54, 1.807) is 0 Å². The summed E-state index contributed by atoms with van der Waals surface area (Å²) >= 11 is 0. The molecule has 0 saturated heterocycles. The van der Waals surface area contributed by atoms with Crippen LogP contribution in [0, 0.1) is 12.8 Å². The van der Waals surface area contributed by atoms with Gasteiger partial charge < -0.3 is 0 Å². The molecule has 0 bridgehead atoms. The summed E-state index contributed by atoms with van der Waals surface area (Å²) in [6.45, 7) is 25.3. The van der Waals surface area contributed by atoms with Gasteiger partial charge in [-0.15, -0.1) is 0 Å². The van der Waals surface area contributed by atoms with Crippen molar-refractivity contribution >= 4 is 21.5 Å². The second-order valence-electron chi connectivity index (χ2n) is 17.0. The van der Waals surface area contributed by atoms with Crippen LogP contribution in [0.3, 0.4) is 0 Å². The molecule has 0 aromatic heterocycles. The second-order valence-corrected chi connectivity index (χ2v) is 17.0. The zero-order valence-electron chi connectivity index (χ0n) is 40.5. The Morgan fingerprint density at radius 3 is 1.52 bits per heavy atom. The third kappa shape index (κ3) is 9.62. The van der Waals surface area contributed by atoms with Crippen molar-refractivity contribution in [3.63, 3.8) is 0 Å². The second kappa shape index (κ2) is 21.1. The lowest BCUT2D eigenvalue weighted by atomic mass is 9.81. The fraction of sp³-hybridized carbons (Fsp3) is 0.302.